The summed E-state index contributed by atoms with van der Waals surface area (Å²) in [6.45, 7) is 2.16. The topological polar surface area (TPSA) is 50.4 Å². The van der Waals surface area contributed by atoms with Crippen LogP contribution in [0.2, 0.25) is 0 Å². The van der Waals surface area contributed by atoms with Crippen LogP contribution in [0.1, 0.15) is 27.4 Å². The normalized spacial score (nSPS) is 20.1. The fraction of sp³-hybridized carbons (Fsp3) is 0.316. The van der Waals surface area contributed by atoms with Gasteiger partial charge in [0.05, 0.1) is 12.7 Å². The predicted molar refractivity (Wildman–Crippen MR) is 90.4 cm³/mol. The Morgan fingerprint density at radius 2 is 2.04 bits per heavy atom. The van der Waals surface area contributed by atoms with E-state index >= 15 is 0 Å². The Labute approximate surface area is 141 Å². The Bertz CT molecular complexity index is 706. The van der Waals surface area contributed by atoms with Crippen LogP contribution in [-0.2, 0) is 11.3 Å². The number of hydrogen-bond donors (Lipinski definition) is 2. The second-order valence-corrected chi connectivity index (χ2v) is 5.97. The van der Waals surface area contributed by atoms with Gasteiger partial charge >= 0.3 is 5.97 Å². The number of nitrogens with one attached hydrogen (secondary N) is 2. The molecule has 0 aromatic heterocycles. The molecule has 0 saturated carbocycles. The summed E-state index contributed by atoms with van der Waals surface area (Å²) in [7, 11) is 1.33. The fourth-order valence-electron chi connectivity index (χ4n) is 3.14. The molecular weight excluding hydrogens is 307 g/mol. The van der Waals surface area contributed by atoms with Crippen molar-refractivity contribution in [1.82, 2.24) is 10.6 Å². The number of methoxy groups -OCH3 is 1. The summed E-state index contributed by atoms with van der Waals surface area (Å²) in [6, 6.07) is 14.6. The van der Waals surface area contributed by atoms with E-state index < -0.39 is 5.97 Å². The average molecular weight is 328 g/mol. The maximum Gasteiger partial charge on any atom is 0.337 e. The Morgan fingerprint density at radius 1 is 1.25 bits per heavy atom. The van der Waals surface area contributed by atoms with Gasteiger partial charge in [0.15, 0.2) is 0 Å². The first kappa shape index (κ1) is 16.6. The molecule has 4 nitrogen and oxygen atoms in total. The summed E-state index contributed by atoms with van der Waals surface area (Å²) in [5, 5.41) is 6.79. The van der Waals surface area contributed by atoms with Crippen LogP contribution in [0, 0.1) is 5.82 Å². The molecule has 0 radical (unpaired) electrons. The van der Waals surface area contributed by atoms with Gasteiger partial charge in [-0.2, -0.15) is 0 Å². The van der Waals surface area contributed by atoms with Crippen molar-refractivity contribution in [2.45, 2.75) is 18.5 Å². The highest BCUT2D eigenvalue weighted by Gasteiger charge is 2.30. The van der Waals surface area contributed by atoms with E-state index in [9.17, 15) is 9.18 Å². The molecule has 0 bridgehead atoms. The summed E-state index contributed by atoms with van der Waals surface area (Å²) in [6.07, 6.45) is 0. The van der Waals surface area contributed by atoms with Gasteiger partial charge in [-0.05, 0) is 29.3 Å². The average Bonchev–Trinajstić information content (AvgIpc) is 3.09. The van der Waals surface area contributed by atoms with Gasteiger partial charge in [0.2, 0.25) is 0 Å². The SMILES string of the molecule is COC(=O)c1ccc(F)c([C@H]2CNC[C@@H]2NCc2ccccc2)c1. The molecule has 2 aromatic carbocycles. The molecule has 1 aliphatic heterocycles. The molecule has 1 aliphatic rings. The number of carbonyl (C=O) groups is 1. The van der Waals surface area contributed by atoms with Crippen molar-refractivity contribution in [3.05, 3.63) is 71.0 Å². The zero-order chi connectivity index (χ0) is 16.9. The quantitative estimate of drug-likeness (QED) is 0.828. The maximum absolute atomic E-state index is 14.3. The molecule has 1 fully saturated rings. The molecule has 1 saturated heterocycles. The lowest BCUT2D eigenvalue weighted by Gasteiger charge is -2.21. The zero-order valence-electron chi connectivity index (χ0n) is 13.6. The minimum Gasteiger partial charge on any atom is -0.465 e. The number of halogens is 1. The van der Waals surface area contributed by atoms with Gasteiger partial charge in [-0.15, -0.1) is 0 Å². The van der Waals surface area contributed by atoms with Crippen LogP contribution in [0.15, 0.2) is 48.5 Å². The molecule has 0 aliphatic carbocycles. The number of esters is 1. The first-order chi connectivity index (χ1) is 11.7. The molecule has 1 heterocycles. The van der Waals surface area contributed by atoms with Gasteiger partial charge < -0.3 is 15.4 Å². The molecule has 0 spiro atoms. The van der Waals surface area contributed by atoms with E-state index in [1.807, 2.05) is 18.2 Å². The van der Waals surface area contributed by atoms with Gasteiger partial charge in [0.1, 0.15) is 5.82 Å². The van der Waals surface area contributed by atoms with Crippen molar-refractivity contribution in [3.63, 3.8) is 0 Å². The number of ether oxygens (including phenoxy) is 1. The molecular formula is C19H21FN2O2. The lowest BCUT2D eigenvalue weighted by molar-refractivity contribution is 0.0600. The van der Waals surface area contributed by atoms with Crippen molar-refractivity contribution in [3.8, 4) is 0 Å². The molecule has 126 valence electrons. The molecule has 0 amide bonds. The van der Waals surface area contributed by atoms with Crippen molar-refractivity contribution in [1.29, 1.82) is 0 Å². The van der Waals surface area contributed by atoms with Crippen LogP contribution in [0.3, 0.4) is 0 Å². The summed E-state index contributed by atoms with van der Waals surface area (Å²) in [5.74, 6) is -0.766. The molecule has 2 N–H and O–H groups in total. The van der Waals surface area contributed by atoms with Crippen LogP contribution >= 0.6 is 0 Å². The third-order valence-electron chi connectivity index (χ3n) is 4.44. The molecule has 2 atom stereocenters. The molecule has 5 heteroatoms. The highest BCUT2D eigenvalue weighted by atomic mass is 19.1. The number of benzene rings is 2. The highest BCUT2D eigenvalue weighted by Crippen LogP contribution is 2.27. The summed E-state index contributed by atoms with van der Waals surface area (Å²) in [4.78, 5) is 11.7. The van der Waals surface area contributed by atoms with Crippen molar-refractivity contribution < 1.29 is 13.9 Å². The third kappa shape index (κ3) is 3.63. The van der Waals surface area contributed by atoms with Gasteiger partial charge in [-0.25, -0.2) is 9.18 Å². The predicted octanol–water partition coefficient (Wildman–Crippen LogP) is 2.46. The smallest absolute Gasteiger partial charge is 0.337 e. The molecule has 24 heavy (non-hydrogen) atoms. The second kappa shape index (κ2) is 7.55. The Morgan fingerprint density at radius 3 is 2.79 bits per heavy atom. The van der Waals surface area contributed by atoms with Crippen LogP contribution < -0.4 is 10.6 Å². The van der Waals surface area contributed by atoms with Crippen LogP contribution in [0.25, 0.3) is 0 Å². The van der Waals surface area contributed by atoms with Crippen LogP contribution in [0.5, 0.6) is 0 Å². The Kier molecular flexibility index (Phi) is 5.23. The third-order valence-corrected chi connectivity index (χ3v) is 4.44. The molecule has 3 rings (SSSR count). The monoisotopic (exact) mass is 328 g/mol. The van der Waals surface area contributed by atoms with Crippen molar-refractivity contribution in [2.75, 3.05) is 20.2 Å². The molecule has 0 unspecified atom stereocenters. The summed E-state index contributed by atoms with van der Waals surface area (Å²) < 4.78 is 19.1. The minimum absolute atomic E-state index is 0.0293. The fourth-order valence-corrected chi connectivity index (χ4v) is 3.14. The van der Waals surface area contributed by atoms with Crippen molar-refractivity contribution in [2.24, 2.45) is 0 Å². The van der Waals surface area contributed by atoms with E-state index in [0.29, 0.717) is 17.7 Å². The van der Waals surface area contributed by atoms with E-state index in [-0.39, 0.29) is 17.8 Å². The standard InChI is InChI=1S/C19H21FN2O2/c1-24-19(23)14-7-8-17(20)15(9-14)16-11-21-12-18(16)22-10-13-5-3-2-4-6-13/h2-9,16,18,21-22H,10-12H2,1H3/t16-,18+/m1/s1. The Hall–Kier alpha value is -2.24. The zero-order valence-corrected chi connectivity index (χ0v) is 13.6. The van der Waals surface area contributed by atoms with Gasteiger partial charge in [-0.1, -0.05) is 30.3 Å². The minimum atomic E-state index is -0.448. The summed E-state index contributed by atoms with van der Waals surface area (Å²) >= 11 is 0. The van der Waals surface area contributed by atoms with E-state index in [1.165, 1.54) is 24.8 Å². The van der Waals surface area contributed by atoms with E-state index in [1.54, 1.807) is 6.07 Å². The highest BCUT2D eigenvalue weighted by molar-refractivity contribution is 5.89. The van der Waals surface area contributed by atoms with E-state index in [2.05, 4.69) is 22.8 Å². The number of hydrogen-bond acceptors (Lipinski definition) is 4. The van der Waals surface area contributed by atoms with Crippen LogP contribution in [0.4, 0.5) is 4.39 Å². The van der Waals surface area contributed by atoms with Gasteiger partial charge in [0.25, 0.3) is 0 Å². The lowest BCUT2D eigenvalue weighted by Crippen LogP contribution is -2.35. The number of carbonyl (C=O) groups excluding carboxylic acids is 1. The number of rotatable bonds is 5. The maximum atomic E-state index is 14.3. The van der Waals surface area contributed by atoms with E-state index in [4.69, 9.17) is 4.74 Å². The van der Waals surface area contributed by atoms with Gasteiger partial charge in [0, 0.05) is 31.6 Å². The van der Waals surface area contributed by atoms with Crippen molar-refractivity contribution >= 4 is 5.97 Å². The molecule has 2 aromatic rings. The second-order valence-electron chi connectivity index (χ2n) is 5.97. The van der Waals surface area contributed by atoms with Gasteiger partial charge in [-0.3, -0.25) is 0 Å². The lowest BCUT2D eigenvalue weighted by atomic mass is 9.92. The first-order valence-electron chi connectivity index (χ1n) is 8.05. The summed E-state index contributed by atoms with van der Waals surface area (Å²) in [5.41, 5.74) is 2.11. The van der Waals surface area contributed by atoms with E-state index in [0.717, 1.165) is 13.1 Å². The van der Waals surface area contributed by atoms with Crippen LogP contribution in [-0.4, -0.2) is 32.2 Å². The first-order valence-corrected chi connectivity index (χ1v) is 8.05. The largest absolute Gasteiger partial charge is 0.465 e. The Balaban J connectivity index is 1.76.